The van der Waals surface area contributed by atoms with E-state index in [4.69, 9.17) is 19.4 Å². The van der Waals surface area contributed by atoms with E-state index < -0.39 is 21.2 Å². The maximum Gasteiger partial charge on any atom is 0.251 e. The van der Waals surface area contributed by atoms with Gasteiger partial charge in [0.1, 0.15) is 23.1 Å². The van der Waals surface area contributed by atoms with Gasteiger partial charge in [-0.15, -0.1) is 0 Å². The maximum atomic E-state index is 14.2. The summed E-state index contributed by atoms with van der Waals surface area (Å²) < 4.78 is 50.6. The highest BCUT2D eigenvalue weighted by atomic mass is 32.2. The fourth-order valence-electron chi connectivity index (χ4n) is 5.09. The van der Waals surface area contributed by atoms with Gasteiger partial charge in [0.2, 0.25) is 15.3 Å². The number of ether oxygens (including phenoxy) is 2. The lowest BCUT2D eigenvalue weighted by molar-refractivity contribution is 0.0950. The van der Waals surface area contributed by atoms with Gasteiger partial charge in [0, 0.05) is 29.8 Å². The van der Waals surface area contributed by atoms with Gasteiger partial charge in [0.15, 0.2) is 11.6 Å². The van der Waals surface area contributed by atoms with Gasteiger partial charge in [-0.2, -0.15) is 0 Å². The van der Waals surface area contributed by atoms with E-state index in [0.717, 1.165) is 28.8 Å². The first-order valence-corrected chi connectivity index (χ1v) is 15.0. The number of hydrogen-bond acceptors (Lipinski definition) is 9. The fourth-order valence-corrected chi connectivity index (χ4v) is 6.47. The molecular formula is C29H26FN5O5S. The molecule has 1 amide bonds. The van der Waals surface area contributed by atoms with E-state index in [9.17, 15) is 17.6 Å². The minimum atomic E-state index is -4.25. The molecule has 0 spiro atoms. The molecule has 0 unspecified atom stereocenters. The summed E-state index contributed by atoms with van der Waals surface area (Å²) >= 11 is 0. The predicted octanol–water partition coefficient (Wildman–Crippen LogP) is 4.21. The molecule has 1 N–H and O–H groups in total. The number of rotatable bonds is 5. The van der Waals surface area contributed by atoms with Crippen LogP contribution in [0.25, 0.3) is 10.9 Å². The highest BCUT2D eigenvalue weighted by molar-refractivity contribution is 7.92. The van der Waals surface area contributed by atoms with E-state index in [1.54, 1.807) is 12.3 Å². The summed E-state index contributed by atoms with van der Waals surface area (Å²) in [7, 11) is -4.25. The molecule has 0 bridgehead atoms. The molecule has 7 rings (SSSR count). The molecule has 3 aliphatic rings. The number of anilines is 2. The number of hydrogen-bond donors (Lipinski definition) is 1. The van der Waals surface area contributed by atoms with Gasteiger partial charge in [-0.25, -0.2) is 22.8 Å². The molecular weight excluding hydrogens is 549 g/mol. The van der Waals surface area contributed by atoms with Crippen molar-refractivity contribution in [3.8, 4) is 11.5 Å². The number of nitrogens with zero attached hydrogens (tertiary/aromatic N) is 4. The van der Waals surface area contributed by atoms with E-state index in [0.29, 0.717) is 30.3 Å². The number of benzene rings is 1. The zero-order chi connectivity index (χ0) is 28.1. The van der Waals surface area contributed by atoms with Crippen molar-refractivity contribution in [2.75, 3.05) is 24.7 Å². The number of sulfone groups is 1. The number of carbonyl (C=O) groups excluding carboxylic acids is 1. The van der Waals surface area contributed by atoms with Crippen LogP contribution in [0.1, 0.15) is 46.8 Å². The smallest absolute Gasteiger partial charge is 0.251 e. The minimum Gasteiger partial charge on any atom is -0.492 e. The van der Waals surface area contributed by atoms with Crippen molar-refractivity contribution in [3.63, 3.8) is 0 Å². The van der Waals surface area contributed by atoms with Crippen molar-refractivity contribution in [2.24, 2.45) is 0 Å². The Kier molecular flexibility index (Phi) is 6.22. The summed E-state index contributed by atoms with van der Waals surface area (Å²) in [6, 6.07) is 11.7. The Hall–Kier alpha value is -4.32. The van der Waals surface area contributed by atoms with Crippen molar-refractivity contribution in [1.29, 1.82) is 0 Å². The quantitative estimate of drug-likeness (QED) is 0.373. The third-order valence-electron chi connectivity index (χ3n) is 7.50. The molecule has 5 heterocycles. The molecule has 12 heteroatoms. The number of halogens is 1. The highest BCUT2D eigenvalue weighted by Gasteiger charge is 2.34. The van der Waals surface area contributed by atoms with Gasteiger partial charge in [-0.3, -0.25) is 9.78 Å². The summed E-state index contributed by atoms with van der Waals surface area (Å²) in [5.41, 5.74) is 0.478. The van der Waals surface area contributed by atoms with Crippen molar-refractivity contribution >= 4 is 38.3 Å². The van der Waals surface area contributed by atoms with Crippen molar-refractivity contribution < 1.29 is 27.1 Å². The van der Waals surface area contributed by atoms with Crippen molar-refractivity contribution in [3.05, 3.63) is 71.7 Å². The van der Waals surface area contributed by atoms with Crippen LogP contribution in [-0.4, -0.2) is 54.5 Å². The van der Waals surface area contributed by atoms with Crippen LogP contribution in [0.5, 0.6) is 11.5 Å². The van der Waals surface area contributed by atoms with Crippen LogP contribution >= 0.6 is 0 Å². The first kappa shape index (κ1) is 25.6. The average molecular weight is 576 g/mol. The molecule has 10 nitrogen and oxygen atoms in total. The van der Waals surface area contributed by atoms with Crippen LogP contribution in [0.4, 0.5) is 16.0 Å². The van der Waals surface area contributed by atoms with Crippen LogP contribution in [0.3, 0.4) is 0 Å². The summed E-state index contributed by atoms with van der Waals surface area (Å²) in [5.74, 6) is 2.34. The Bertz CT molecular complexity index is 1800. The second kappa shape index (κ2) is 9.95. The number of aromatic nitrogens is 3. The average Bonchev–Trinajstić information content (AvgIpc) is 3.85. The molecule has 1 fully saturated rings. The number of nitrogens with one attached hydrogen (secondary N) is 1. The third-order valence-corrected chi connectivity index (χ3v) is 9.35. The van der Waals surface area contributed by atoms with E-state index in [1.165, 1.54) is 30.5 Å². The van der Waals surface area contributed by atoms with E-state index in [2.05, 4.69) is 16.4 Å². The Morgan fingerprint density at radius 1 is 1.00 bits per heavy atom. The maximum absolute atomic E-state index is 14.2. The van der Waals surface area contributed by atoms with Gasteiger partial charge in [0.25, 0.3) is 5.91 Å². The van der Waals surface area contributed by atoms with Crippen molar-refractivity contribution in [2.45, 2.75) is 42.1 Å². The minimum absolute atomic E-state index is 0.0428. The lowest BCUT2D eigenvalue weighted by atomic mass is 10.1. The zero-order valence-corrected chi connectivity index (χ0v) is 22.7. The summed E-state index contributed by atoms with van der Waals surface area (Å²) in [6.45, 7) is 1.16. The lowest BCUT2D eigenvalue weighted by Gasteiger charge is -2.29. The molecule has 1 aromatic carbocycles. The molecule has 0 radical (unpaired) electrons. The fraction of sp³-hybridized carbons (Fsp3) is 0.310. The van der Waals surface area contributed by atoms with Gasteiger partial charge in [-0.05, 0) is 66.8 Å². The first-order valence-electron chi connectivity index (χ1n) is 13.5. The van der Waals surface area contributed by atoms with Crippen LogP contribution in [-0.2, 0) is 16.4 Å². The second-order valence-corrected chi connectivity index (χ2v) is 12.4. The predicted molar refractivity (Wildman–Crippen MR) is 148 cm³/mol. The molecule has 2 aliphatic heterocycles. The normalized spacial score (nSPS) is 19.3. The van der Waals surface area contributed by atoms with Gasteiger partial charge in [0.05, 0.1) is 30.9 Å². The van der Waals surface area contributed by atoms with E-state index >= 15 is 0 Å². The topological polar surface area (TPSA) is 124 Å². The number of alkyl halides is 1. The second-order valence-electron chi connectivity index (χ2n) is 10.3. The molecule has 1 saturated carbocycles. The molecule has 0 saturated heterocycles. The van der Waals surface area contributed by atoms with E-state index in [-0.39, 0.29) is 35.8 Å². The van der Waals surface area contributed by atoms with Gasteiger partial charge >= 0.3 is 0 Å². The van der Waals surface area contributed by atoms with E-state index in [1.807, 2.05) is 23.2 Å². The molecule has 3 aromatic heterocycles. The summed E-state index contributed by atoms with van der Waals surface area (Å²) in [6.07, 6.45) is 5.73. The molecule has 1 atom stereocenters. The molecule has 4 aromatic rings. The van der Waals surface area contributed by atoms with Crippen LogP contribution in [0.2, 0.25) is 0 Å². The largest absolute Gasteiger partial charge is 0.492 e. The number of fused-ring (bicyclic) bond motifs is 3. The van der Waals surface area contributed by atoms with Crippen LogP contribution in [0, 0.1) is 0 Å². The summed E-state index contributed by atoms with van der Waals surface area (Å²) in [4.78, 5) is 28.6. The molecule has 41 heavy (non-hydrogen) atoms. The number of amides is 1. The zero-order valence-electron chi connectivity index (χ0n) is 21.9. The van der Waals surface area contributed by atoms with Gasteiger partial charge < -0.3 is 19.7 Å². The Labute approximate surface area is 235 Å². The van der Waals surface area contributed by atoms with Gasteiger partial charge in [-0.1, -0.05) is 0 Å². The number of pyridine rings is 3. The number of carbonyl (C=O) groups is 1. The van der Waals surface area contributed by atoms with Crippen LogP contribution < -0.4 is 19.7 Å². The molecule has 1 aliphatic carbocycles. The molecule has 210 valence electrons. The summed E-state index contributed by atoms with van der Waals surface area (Å²) in [5, 5.41) is 3.59. The Balaban J connectivity index is 1.10. The Morgan fingerprint density at radius 2 is 1.85 bits per heavy atom. The first-order chi connectivity index (χ1) is 19.9. The van der Waals surface area contributed by atoms with Crippen LogP contribution in [0.15, 0.2) is 59.8 Å². The third kappa shape index (κ3) is 4.82. The standard InChI is InChI=1S/C29H26FN5O5S/c30-26-7-9-39-23-5-3-18(12-25(23)41(26,37)38)29(36)33-16-21-13-22-19(14-31-21)4-6-27(34-22)35-8-10-40-24-11-20(17-1-2-17)15-32-28(24)35/h3-6,11-15,17,26H,1-2,7-10,16H2,(H,33,36)/t26-/m1/s1. The SMILES string of the molecule is O=C(NCc1cc2nc(N3CCOc4cc(C5CC5)cnc43)ccc2cn1)c1ccc2c(c1)S(=O)(=O)[C@@H](F)CCO2. The Morgan fingerprint density at radius 3 is 2.71 bits per heavy atom. The lowest BCUT2D eigenvalue weighted by Crippen LogP contribution is -2.30. The highest BCUT2D eigenvalue weighted by Crippen LogP contribution is 2.43. The van der Waals surface area contributed by atoms with Crippen molar-refractivity contribution in [1.82, 2.24) is 20.3 Å². The monoisotopic (exact) mass is 575 g/mol.